The molecule has 0 saturated carbocycles. The molecule has 3 N–H and O–H groups in total. The zero-order valence-electron chi connectivity index (χ0n) is 15.1. The number of hydrogen-bond acceptors (Lipinski definition) is 3. The van der Waals surface area contributed by atoms with Crippen LogP contribution < -0.4 is 11.1 Å². The number of ether oxygens (including phenoxy) is 1. The average molecular weight is 464 g/mol. The van der Waals surface area contributed by atoms with Gasteiger partial charge in [0.15, 0.2) is 5.96 Å². The number of guanidine groups is 1. The van der Waals surface area contributed by atoms with Gasteiger partial charge < -0.3 is 15.8 Å². The Kier molecular flexibility index (Phi) is 10.3. The van der Waals surface area contributed by atoms with Crippen LogP contribution in [0.2, 0.25) is 0 Å². The number of nitrogens with zero attached hydrogens (tertiary/aromatic N) is 2. The highest BCUT2D eigenvalue weighted by atomic mass is 127. The summed E-state index contributed by atoms with van der Waals surface area (Å²) < 4.78 is 19.0. The Balaban J connectivity index is 0.00000312. The first-order valence-corrected chi connectivity index (χ1v) is 8.67. The molecule has 1 aliphatic rings. The molecule has 5 nitrogen and oxygen atoms in total. The fourth-order valence-corrected chi connectivity index (χ4v) is 2.76. The summed E-state index contributed by atoms with van der Waals surface area (Å²) in [4.78, 5) is 6.76. The number of nitrogens with one attached hydrogen (secondary N) is 1. The first kappa shape index (κ1) is 22.1. The van der Waals surface area contributed by atoms with Gasteiger partial charge in [-0.15, -0.1) is 24.0 Å². The molecule has 0 amide bonds. The molecule has 0 bridgehead atoms. The number of hydrogen-bond donors (Lipinski definition) is 2. The van der Waals surface area contributed by atoms with E-state index in [9.17, 15) is 4.39 Å². The number of aliphatic imine (C=N–C) groups is 1. The second-order valence-electron chi connectivity index (χ2n) is 6.55. The number of morpholine rings is 1. The van der Waals surface area contributed by atoms with E-state index in [1.807, 2.05) is 6.07 Å². The van der Waals surface area contributed by atoms with Crippen LogP contribution in [0.5, 0.6) is 0 Å². The van der Waals surface area contributed by atoms with Crippen LogP contribution in [-0.2, 0) is 4.74 Å². The standard InChI is InChI=1S/C18H29FN4O.HI/c1-14(2)6-7-21-18(20)22-13-17(23-8-10-24-11-9-23)15-4-3-5-16(19)12-15;/h3-5,12,14,17H,6-11,13H2,1-2H3,(H3,20,21,22);1H. The Morgan fingerprint density at radius 3 is 2.72 bits per heavy atom. The van der Waals surface area contributed by atoms with E-state index < -0.39 is 0 Å². The lowest BCUT2D eigenvalue weighted by Crippen LogP contribution is -2.41. The minimum atomic E-state index is -0.224. The molecule has 0 aliphatic carbocycles. The Morgan fingerprint density at radius 2 is 2.08 bits per heavy atom. The first-order valence-electron chi connectivity index (χ1n) is 8.67. The van der Waals surface area contributed by atoms with Gasteiger partial charge in [-0.3, -0.25) is 9.89 Å². The van der Waals surface area contributed by atoms with Crippen LogP contribution in [0.1, 0.15) is 31.9 Å². The van der Waals surface area contributed by atoms with Crippen molar-refractivity contribution in [3.05, 3.63) is 35.6 Å². The van der Waals surface area contributed by atoms with Crippen LogP contribution in [-0.4, -0.2) is 50.3 Å². The second kappa shape index (κ2) is 11.6. The highest BCUT2D eigenvalue weighted by Crippen LogP contribution is 2.23. The fourth-order valence-electron chi connectivity index (χ4n) is 2.76. The molecule has 1 saturated heterocycles. The SMILES string of the molecule is CC(C)CCNC(N)=NCC(c1cccc(F)c1)N1CCOCC1.I. The molecule has 0 radical (unpaired) electrons. The summed E-state index contributed by atoms with van der Waals surface area (Å²) in [6.07, 6.45) is 1.05. The first-order chi connectivity index (χ1) is 11.6. The Labute approximate surface area is 167 Å². The maximum Gasteiger partial charge on any atom is 0.188 e. The smallest absolute Gasteiger partial charge is 0.188 e. The Hall–Kier alpha value is -0.930. The predicted octanol–water partition coefficient (Wildman–Crippen LogP) is 2.77. The molecule has 7 heteroatoms. The van der Waals surface area contributed by atoms with Gasteiger partial charge in [0.25, 0.3) is 0 Å². The van der Waals surface area contributed by atoms with Gasteiger partial charge in [-0.25, -0.2) is 4.39 Å². The van der Waals surface area contributed by atoms with E-state index >= 15 is 0 Å². The monoisotopic (exact) mass is 464 g/mol. The molecule has 2 rings (SSSR count). The van der Waals surface area contributed by atoms with Crippen molar-refractivity contribution < 1.29 is 9.13 Å². The van der Waals surface area contributed by atoms with Gasteiger partial charge in [0.2, 0.25) is 0 Å². The number of nitrogens with two attached hydrogens (primary N) is 1. The summed E-state index contributed by atoms with van der Waals surface area (Å²) in [5, 5.41) is 3.15. The van der Waals surface area contributed by atoms with Crippen LogP contribution in [0.25, 0.3) is 0 Å². The summed E-state index contributed by atoms with van der Waals surface area (Å²) in [6.45, 7) is 8.68. The third-order valence-corrected chi connectivity index (χ3v) is 4.18. The number of rotatable bonds is 7. The summed E-state index contributed by atoms with van der Waals surface area (Å²) >= 11 is 0. The third kappa shape index (κ3) is 7.87. The van der Waals surface area contributed by atoms with Crippen molar-refractivity contribution in [1.29, 1.82) is 0 Å². The minimum Gasteiger partial charge on any atom is -0.379 e. The van der Waals surface area contributed by atoms with Gasteiger partial charge in [-0.1, -0.05) is 26.0 Å². The van der Waals surface area contributed by atoms with Crippen molar-refractivity contribution in [3.8, 4) is 0 Å². The average Bonchev–Trinajstić information content (AvgIpc) is 2.56. The molecular weight excluding hydrogens is 434 g/mol. The number of benzene rings is 1. The molecule has 1 fully saturated rings. The lowest BCUT2D eigenvalue weighted by atomic mass is 10.0. The van der Waals surface area contributed by atoms with E-state index in [2.05, 4.69) is 29.1 Å². The van der Waals surface area contributed by atoms with E-state index in [0.717, 1.165) is 31.6 Å². The molecule has 1 aromatic carbocycles. The molecule has 1 unspecified atom stereocenters. The van der Waals surface area contributed by atoms with Crippen LogP contribution in [0.3, 0.4) is 0 Å². The Bertz CT molecular complexity index is 536. The highest BCUT2D eigenvalue weighted by molar-refractivity contribution is 14.0. The van der Waals surface area contributed by atoms with Crippen molar-refractivity contribution in [3.63, 3.8) is 0 Å². The van der Waals surface area contributed by atoms with E-state index in [4.69, 9.17) is 10.5 Å². The van der Waals surface area contributed by atoms with Crippen molar-refractivity contribution in [2.45, 2.75) is 26.3 Å². The molecule has 142 valence electrons. The maximum absolute atomic E-state index is 13.6. The minimum absolute atomic E-state index is 0. The molecule has 1 heterocycles. The van der Waals surface area contributed by atoms with E-state index in [1.165, 1.54) is 6.07 Å². The summed E-state index contributed by atoms with van der Waals surface area (Å²) in [7, 11) is 0. The van der Waals surface area contributed by atoms with Crippen LogP contribution in [0.15, 0.2) is 29.3 Å². The zero-order chi connectivity index (χ0) is 17.4. The van der Waals surface area contributed by atoms with Gasteiger partial charge in [0.05, 0.1) is 25.8 Å². The van der Waals surface area contributed by atoms with Crippen LogP contribution in [0.4, 0.5) is 4.39 Å². The van der Waals surface area contributed by atoms with Crippen molar-refractivity contribution in [1.82, 2.24) is 10.2 Å². The van der Waals surface area contributed by atoms with Crippen LogP contribution >= 0.6 is 24.0 Å². The maximum atomic E-state index is 13.6. The lowest BCUT2D eigenvalue weighted by Gasteiger charge is -2.34. The van der Waals surface area contributed by atoms with Crippen molar-refractivity contribution in [2.24, 2.45) is 16.6 Å². The predicted molar refractivity (Wildman–Crippen MR) is 111 cm³/mol. The molecule has 1 aromatic rings. The third-order valence-electron chi connectivity index (χ3n) is 4.18. The van der Waals surface area contributed by atoms with Gasteiger partial charge in [0, 0.05) is 19.6 Å². The summed E-state index contributed by atoms with van der Waals surface area (Å²) in [6, 6.07) is 6.74. The zero-order valence-corrected chi connectivity index (χ0v) is 17.4. The van der Waals surface area contributed by atoms with Gasteiger partial charge in [-0.2, -0.15) is 0 Å². The van der Waals surface area contributed by atoms with Crippen molar-refractivity contribution >= 4 is 29.9 Å². The normalized spacial score (nSPS) is 17.2. The summed E-state index contributed by atoms with van der Waals surface area (Å²) in [5.41, 5.74) is 6.89. The van der Waals surface area contributed by atoms with E-state index in [0.29, 0.717) is 31.6 Å². The van der Waals surface area contributed by atoms with E-state index in [1.54, 1.807) is 12.1 Å². The molecular formula is C18H30FIN4O. The van der Waals surface area contributed by atoms with Crippen LogP contribution in [0, 0.1) is 11.7 Å². The largest absolute Gasteiger partial charge is 0.379 e. The number of halogens is 2. The Morgan fingerprint density at radius 1 is 1.36 bits per heavy atom. The molecule has 0 spiro atoms. The van der Waals surface area contributed by atoms with Gasteiger partial charge >= 0.3 is 0 Å². The van der Waals surface area contributed by atoms with Gasteiger partial charge in [-0.05, 0) is 30.0 Å². The highest BCUT2D eigenvalue weighted by Gasteiger charge is 2.22. The summed E-state index contributed by atoms with van der Waals surface area (Å²) in [5.74, 6) is 0.849. The second-order valence-corrected chi connectivity index (χ2v) is 6.55. The fraction of sp³-hybridized carbons (Fsp3) is 0.611. The lowest BCUT2D eigenvalue weighted by molar-refractivity contribution is 0.0179. The quantitative estimate of drug-likeness (QED) is 0.370. The van der Waals surface area contributed by atoms with Crippen molar-refractivity contribution in [2.75, 3.05) is 39.4 Å². The molecule has 0 aromatic heterocycles. The molecule has 1 atom stereocenters. The topological polar surface area (TPSA) is 62.9 Å². The van der Waals surface area contributed by atoms with Gasteiger partial charge in [0.1, 0.15) is 5.82 Å². The molecule has 1 aliphatic heterocycles. The van der Waals surface area contributed by atoms with E-state index in [-0.39, 0.29) is 35.8 Å². The molecule has 25 heavy (non-hydrogen) atoms.